The van der Waals surface area contributed by atoms with E-state index in [0.29, 0.717) is 4.90 Å². The van der Waals surface area contributed by atoms with E-state index in [9.17, 15) is 26.6 Å². The molecule has 0 radical (unpaired) electrons. The third-order valence-corrected chi connectivity index (χ3v) is 2.18. The van der Waals surface area contributed by atoms with Crippen LogP contribution in [0.5, 0.6) is 0 Å². The first-order valence-corrected chi connectivity index (χ1v) is 5.70. The molecular weight excluding hydrogens is 294 g/mol. The fourth-order valence-electron chi connectivity index (χ4n) is 1.06. The molecule has 0 aromatic heterocycles. The van der Waals surface area contributed by atoms with Gasteiger partial charge in [0, 0.05) is 13.1 Å². The molecule has 2 atom stereocenters. The lowest BCUT2D eigenvalue weighted by molar-refractivity contribution is -0.290. The van der Waals surface area contributed by atoms with Crippen molar-refractivity contribution in [3.05, 3.63) is 25.3 Å². The van der Waals surface area contributed by atoms with E-state index in [2.05, 4.69) is 17.3 Å². The highest BCUT2D eigenvalue weighted by molar-refractivity contribution is 7.74. The average Bonchev–Trinajstić information content (AvgIpc) is 2.25. The number of carbonyl (C=O) groups excluding carboxylic acids is 1. The Morgan fingerprint density at radius 1 is 1.26 bits per heavy atom. The SMILES string of the molecule is C=CCN(CC=C)C(=O)C(F)(OS(=O)O)C(F)(F)F. The number of hydrogen-bond donors (Lipinski definition) is 1. The minimum absolute atomic E-state index is 0.375. The summed E-state index contributed by atoms with van der Waals surface area (Å²) in [6.07, 6.45) is -3.72. The molecule has 1 amide bonds. The number of alkyl halides is 4. The second kappa shape index (κ2) is 6.78. The van der Waals surface area contributed by atoms with Crippen LogP contribution in [0.1, 0.15) is 0 Å². The second-order valence-electron chi connectivity index (χ2n) is 3.18. The molecule has 0 aliphatic rings. The van der Waals surface area contributed by atoms with Crippen molar-refractivity contribution in [2.45, 2.75) is 12.0 Å². The Morgan fingerprint density at radius 2 is 1.68 bits per heavy atom. The van der Waals surface area contributed by atoms with Crippen molar-refractivity contribution >= 4 is 17.3 Å². The molecule has 19 heavy (non-hydrogen) atoms. The smallest absolute Gasteiger partial charge is 0.330 e. The minimum Gasteiger partial charge on any atom is -0.330 e. The zero-order valence-corrected chi connectivity index (χ0v) is 10.3. The highest BCUT2D eigenvalue weighted by Gasteiger charge is 2.66. The summed E-state index contributed by atoms with van der Waals surface area (Å²) in [6.45, 7) is 5.53. The van der Waals surface area contributed by atoms with Crippen LogP contribution in [0, 0.1) is 0 Å². The molecule has 0 aromatic rings. The van der Waals surface area contributed by atoms with Crippen molar-refractivity contribution in [2.24, 2.45) is 0 Å². The van der Waals surface area contributed by atoms with Crippen molar-refractivity contribution in [3.8, 4) is 0 Å². The summed E-state index contributed by atoms with van der Waals surface area (Å²) in [5.74, 6) is -7.08. The van der Waals surface area contributed by atoms with Gasteiger partial charge in [0.1, 0.15) is 0 Å². The zero-order valence-electron chi connectivity index (χ0n) is 9.52. The van der Waals surface area contributed by atoms with Gasteiger partial charge in [0.05, 0.1) is 0 Å². The molecule has 0 rings (SSSR count). The summed E-state index contributed by atoms with van der Waals surface area (Å²) in [5.41, 5.74) is 0. The van der Waals surface area contributed by atoms with Crippen LogP contribution >= 0.6 is 0 Å². The minimum atomic E-state index is -5.82. The molecule has 0 aliphatic heterocycles. The number of nitrogens with zero attached hydrogens (tertiary/aromatic N) is 1. The monoisotopic (exact) mass is 305 g/mol. The van der Waals surface area contributed by atoms with Crippen molar-refractivity contribution in [1.82, 2.24) is 4.90 Å². The van der Waals surface area contributed by atoms with Gasteiger partial charge in [-0.15, -0.1) is 13.2 Å². The quantitative estimate of drug-likeness (QED) is 0.440. The Hall–Kier alpha value is -1.26. The Labute approximate surface area is 109 Å². The number of halogens is 4. The number of amides is 1. The fourth-order valence-corrected chi connectivity index (χ4v) is 1.42. The number of rotatable bonds is 7. The van der Waals surface area contributed by atoms with Gasteiger partial charge in [0.2, 0.25) is 0 Å². The van der Waals surface area contributed by atoms with Crippen LogP contribution in [0.4, 0.5) is 17.6 Å². The van der Waals surface area contributed by atoms with Gasteiger partial charge in [-0.3, -0.25) is 9.35 Å². The standard InChI is InChI=1S/C9H11F4NO4S/c1-3-5-14(6-4-2)7(15)8(10,9(11,12)13)18-19(16)17/h3-4H,1-2,5-6H2,(H,16,17). The summed E-state index contributed by atoms with van der Waals surface area (Å²) in [4.78, 5) is 11.9. The van der Waals surface area contributed by atoms with Gasteiger partial charge in [0.25, 0.3) is 5.91 Å². The van der Waals surface area contributed by atoms with Gasteiger partial charge < -0.3 is 4.90 Å². The third-order valence-electron chi connectivity index (χ3n) is 1.81. The summed E-state index contributed by atoms with van der Waals surface area (Å²) >= 11 is -3.62. The van der Waals surface area contributed by atoms with Crippen LogP contribution in [-0.4, -0.2) is 44.7 Å². The van der Waals surface area contributed by atoms with Crippen LogP contribution in [0.15, 0.2) is 25.3 Å². The predicted molar refractivity (Wildman–Crippen MR) is 58.7 cm³/mol. The molecule has 10 heteroatoms. The van der Waals surface area contributed by atoms with Gasteiger partial charge in [0.15, 0.2) is 0 Å². The van der Waals surface area contributed by atoms with E-state index in [1.807, 2.05) is 0 Å². The maximum absolute atomic E-state index is 13.7. The largest absolute Gasteiger partial charge is 0.459 e. The normalized spacial score (nSPS) is 16.3. The highest BCUT2D eigenvalue weighted by Crippen LogP contribution is 2.37. The zero-order chi connectivity index (χ0) is 15.3. The molecule has 0 spiro atoms. The topological polar surface area (TPSA) is 66.8 Å². The number of hydrogen-bond acceptors (Lipinski definition) is 3. The van der Waals surface area contributed by atoms with Crippen LogP contribution in [0.2, 0.25) is 0 Å². The third kappa shape index (κ3) is 4.40. The van der Waals surface area contributed by atoms with Crippen molar-refractivity contribution in [2.75, 3.05) is 13.1 Å². The maximum atomic E-state index is 13.7. The van der Waals surface area contributed by atoms with Gasteiger partial charge in [-0.1, -0.05) is 12.2 Å². The molecule has 1 N–H and O–H groups in total. The van der Waals surface area contributed by atoms with E-state index < -0.39 is 42.4 Å². The van der Waals surface area contributed by atoms with Crippen LogP contribution in [-0.2, 0) is 20.3 Å². The van der Waals surface area contributed by atoms with Crippen LogP contribution in [0.3, 0.4) is 0 Å². The Kier molecular flexibility index (Phi) is 6.33. The Balaban J connectivity index is 5.46. The lowest BCUT2D eigenvalue weighted by Gasteiger charge is -2.29. The highest BCUT2D eigenvalue weighted by atomic mass is 32.2. The second-order valence-corrected chi connectivity index (χ2v) is 3.78. The van der Waals surface area contributed by atoms with Crippen LogP contribution in [0.25, 0.3) is 0 Å². The van der Waals surface area contributed by atoms with E-state index in [0.717, 1.165) is 12.2 Å². The van der Waals surface area contributed by atoms with Gasteiger partial charge in [-0.25, -0.2) is 4.18 Å². The van der Waals surface area contributed by atoms with E-state index in [1.54, 1.807) is 0 Å². The maximum Gasteiger partial charge on any atom is 0.459 e. The lowest BCUT2D eigenvalue weighted by Crippen LogP contribution is -2.57. The molecule has 110 valence electrons. The average molecular weight is 305 g/mol. The first kappa shape index (κ1) is 17.7. The van der Waals surface area contributed by atoms with Gasteiger partial charge >= 0.3 is 23.4 Å². The molecule has 0 fully saturated rings. The van der Waals surface area contributed by atoms with Gasteiger partial charge in [-0.2, -0.15) is 21.8 Å². The Morgan fingerprint density at radius 3 is 1.95 bits per heavy atom. The van der Waals surface area contributed by atoms with E-state index in [1.165, 1.54) is 0 Å². The predicted octanol–water partition coefficient (Wildman–Crippen LogP) is 1.57. The summed E-state index contributed by atoms with van der Waals surface area (Å²) in [5, 5.41) is 0. The molecular formula is C9H11F4NO4S. The van der Waals surface area contributed by atoms with E-state index in [4.69, 9.17) is 4.55 Å². The van der Waals surface area contributed by atoms with E-state index >= 15 is 0 Å². The molecule has 5 nitrogen and oxygen atoms in total. The molecule has 0 bridgehead atoms. The first-order valence-electron chi connectivity index (χ1n) is 4.67. The summed E-state index contributed by atoms with van der Waals surface area (Å²) < 4.78 is 72.9. The van der Waals surface area contributed by atoms with E-state index in [-0.39, 0.29) is 0 Å². The molecule has 0 heterocycles. The Bertz CT molecular complexity index is 377. The van der Waals surface area contributed by atoms with Crippen molar-refractivity contribution in [1.29, 1.82) is 0 Å². The molecule has 0 aliphatic carbocycles. The first-order chi connectivity index (χ1) is 8.60. The summed E-state index contributed by atoms with van der Waals surface area (Å²) in [7, 11) is 0. The van der Waals surface area contributed by atoms with Gasteiger partial charge in [-0.05, 0) is 0 Å². The van der Waals surface area contributed by atoms with Crippen molar-refractivity contribution < 1.29 is 35.3 Å². The fraction of sp³-hybridized carbons (Fsp3) is 0.444. The molecule has 0 saturated carbocycles. The lowest BCUT2D eigenvalue weighted by atomic mass is 10.2. The summed E-state index contributed by atoms with van der Waals surface area (Å²) in [6, 6.07) is 0. The van der Waals surface area contributed by atoms with Crippen LogP contribution < -0.4 is 0 Å². The number of carbonyl (C=O) groups is 1. The molecule has 0 saturated heterocycles. The van der Waals surface area contributed by atoms with Crippen molar-refractivity contribution in [3.63, 3.8) is 0 Å². The molecule has 0 aromatic carbocycles. The molecule has 2 unspecified atom stereocenters.